The highest BCUT2D eigenvalue weighted by atomic mass is 35.5. The summed E-state index contributed by atoms with van der Waals surface area (Å²) in [5.41, 5.74) is 3.42. The van der Waals surface area contributed by atoms with Gasteiger partial charge in [0.1, 0.15) is 5.82 Å². The molecule has 0 radical (unpaired) electrons. The Hall–Kier alpha value is -2.33. The Morgan fingerprint density at radius 1 is 1.17 bits per heavy atom. The maximum atomic E-state index is 13.7. The van der Waals surface area contributed by atoms with Gasteiger partial charge in [0.15, 0.2) is 0 Å². The van der Waals surface area contributed by atoms with Gasteiger partial charge in [-0.3, -0.25) is 9.69 Å². The van der Waals surface area contributed by atoms with Gasteiger partial charge in [0.2, 0.25) is 10.0 Å². The predicted molar refractivity (Wildman–Crippen MR) is 114 cm³/mol. The van der Waals surface area contributed by atoms with Crippen molar-refractivity contribution in [3.05, 3.63) is 64.4 Å². The third-order valence-corrected chi connectivity index (χ3v) is 6.98. The lowest BCUT2D eigenvalue weighted by Gasteiger charge is -2.33. The lowest BCUT2D eigenvalue weighted by Crippen LogP contribution is -2.50. The molecule has 1 heterocycles. The Balaban J connectivity index is 1.50. The van der Waals surface area contributed by atoms with Crippen molar-refractivity contribution in [1.82, 2.24) is 14.6 Å². The molecule has 0 aromatic heterocycles. The van der Waals surface area contributed by atoms with Crippen molar-refractivity contribution >= 4 is 33.7 Å². The van der Waals surface area contributed by atoms with Gasteiger partial charge >= 0.3 is 0 Å². The molecule has 1 amide bonds. The van der Waals surface area contributed by atoms with E-state index in [2.05, 4.69) is 10.5 Å². The minimum absolute atomic E-state index is 0.0563. The van der Waals surface area contributed by atoms with Gasteiger partial charge in [-0.15, -0.1) is 0 Å². The molecule has 0 unspecified atom stereocenters. The number of hydrogen-bond donors (Lipinski definition) is 1. The topological polar surface area (TPSA) is 82.1 Å². The first-order chi connectivity index (χ1) is 14.3. The zero-order valence-electron chi connectivity index (χ0n) is 16.4. The Labute approximate surface area is 180 Å². The first-order valence-electron chi connectivity index (χ1n) is 9.32. The van der Waals surface area contributed by atoms with Crippen molar-refractivity contribution in [1.29, 1.82) is 0 Å². The van der Waals surface area contributed by atoms with Crippen LogP contribution in [0, 0.1) is 12.7 Å². The summed E-state index contributed by atoms with van der Waals surface area (Å²) in [5, 5.41) is 3.94. The molecule has 1 fully saturated rings. The fourth-order valence-corrected chi connectivity index (χ4v) is 4.66. The number of amides is 1. The van der Waals surface area contributed by atoms with Gasteiger partial charge in [-0.1, -0.05) is 35.4 Å². The Morgan fingerprint density at radius 3 is 2.47 bits per heavy atom. The lowest BCUT2D eigenvalue weighted by molar-refractivity contribution is -0.122. The molecule has 0 atom stereocenters. The van der Waals surface area contributed by atoms with Gasteiger partial charge in [-0.2, -0.15) is 9.41 Å². The van der Waals surface area contributed by atoms with E-state index in [0.717, 1.165) is 11.8 Å². The van der Waals surface area contributed by atoms with Crippen molar-refractivity contribution in [2.45, 2.75) is 11.8 Å². The molecule has 0 spiro atoms. The van der Waals surface area contributed by atoms with E-state index in [0.29, 0.717) is 13.1 Å². The summed E-state index contributed by atoms with van der Waals surface area (Å²) in [6, 6.07) is 11.0. The molecule has 1 aliphatic rings. The largest absolute Gasteiger partial charge is 0.292 e. The van der Waals surface area contributed by atoms with Crippen LogP contribution in [0.5, 0.6) is 0 Å². The third kappa shape index (κ3) is 5.42. The number of hydrazone groups is 1. The Morgan fingerprint density at radius 2 is 1.83 bits per heavy atom. The van der Waals surface area contributed by atoms with Crippen LogP contribution in [-0.4, -0.2) is 62.5 Å². The summed E-state index contributed by atoms with van der Waals surface area (Å²) in [6.07, 6.45) is 1.15. The molecule has 160 valence electrons. The van der Waals surface area contributed by atoms with Gasteiger partial charge in [-0.25, -0.2) is 18.2 Å². The number of nitrogens with zero attached hydrogens (tertiary/aromatic N) is 3. The molecule has 2 aromatic carbocycles. The summed E-state index contributed by atoms with van der Waals surface area (Å²) in [5.74, 6) is -0.917. The van der Waals surface area contributed by atoms with Crippen LogP contribution in [0.3, 0.4) is 0 Å². The Bertz CT molecular complexity index is 1020. The number of benzene rings is 2. The SMILES string of the molecule is Cc1ccc(S(=O)(=O)N2CCN(CC(=O)N/N=C\c3c(F)cccc3Cl)CC2)cc1. The van der Waals surface area contributed by atoms with E-state index in [9.17, 15) is 17.6 Å². The summed E-state index contributed by atoms with van der Waals surface area (Å²) < 4.78 is 40.5. The molecule has 30 heavy (non-hydrogen) atoms. The number of halogens is 2. The van der Waals surface area contributed by atoms with E-state index in [-0.39, 0.29) is 41.0 Å². The molecule has 1 aliphatic heterocycles. The van der Waals surface area contributed by atoms with Gasteiger partial charge in [-0.05, 0) is 31.2 Å². The van der Waals surface area contributed by atoms with Crippen molar-refractivity contribution in [3.63, 3.8) is 0 Å². The van der Waals surface area contributed by atoms with Crippen LogP contribution in [0.4, 0.5) is 4.39 Å². The van der Waals surface area contributed by atoms with Gasteiger partial charge in [0.05, 0.1) is 22.7 Å². The molecular weight excluding hydrogens is 431 g/mol. The number of aryl methyl sites for hydroxylation is 1. The fraction of sp³-hybridized carbons (Fsp3) is 0.300. The molecule has 10 heteroatoms. The van der Waals surface area contributed by atoms with Gasteiger partial charge < -0.3 is 0 Å². The molecule has 3 rings (SSSR count). The van der Waals surface area contributed by atoms with Crippen LogP contribution in [-0.2, 0) is 14.8 Å². The first kappa shape index (κ1) is 22.4. The number of piperazine rings is 1. The van der Waals surface area contributed by atoms with E-state index >= 15 is 0 Å². The maximum Gasteiger partial charge on any atom is 0.254 e. The Kier molecular flexibility index (Phi) is 7.19. The van der Waals surface area contributed by atoms with Crippen molar-refractivity contribution < 1.29 is 17.6 Å². The summed E-state index contributed by atoms with van der Waals surface area (Å²) in [4.78, 5) is 14.2. The molecule has 7 nitrogen and oxygen atoms in total. The second-order valence-electron chi connectivity index (χ2n) is 6.92. The van der Waals surface area contributed by atoms with E-state index in [1.807, 2.05) is 11.8 Å². The third-order valence-electron chi connectivity index (χ3n) is 4.74. The second-order valence-corrected chi connectivity index (χ2v) is 9.27. The highest BCUT2D eigenvalue weighted by Crippen LogP contribution is 2.18. The molecule has 0 bridgehead atoms. The predicted octanol–water partition coefficient (Wildman–Crippen LogP) is 2.24. The fourth-order valence-electron chi connectivity index (χ4n) is 3.03. The lowest BCUT2D eigenvalue weighted by atomic mass is 10.2. The van der Waals surface area contributed by atoms with E-state index in [1.54, 1.807) is 24.3 Å². The second kappa shape index (κ2) is 9.65. The van der Waals surface area contributed by atoms with Crippen molar-refractivity contribution in [2.75, 3.05) is 32.7 Å². The van der Waals surface area contributed by atoms with Crippen LogP contribution >= 0.6 is 11.6 Å². The van der Waals surface area contributed by atoms with E-state index in [1.165, 1.54) is 22.5 Å². The highest BCUT2D eigenvalue weighted by Gasteiger charge is 2.28. The van der Waals surface area contributed by atoms with Crippen LogP contribution in [0.25, 0.3) is 0 Å². The number of nitrogens with one attached hydrogen (secondary N) is 1. The molecule has 2 aromatic rings. The first-order valence-corrected chi connectivity index (χ1v) is 11.1. The quantitative estimate of drug-likeness (QED) is 0.538. The van der Waals surface area contributed by atoms with E-state index in [4.69, 9.17) is 11.6 Å². The van der Waals surface area contributed by atoms with Crippen molar-refractivity contribution in [3.8, 4) is 0 Å². The number of carbonyl (C=O) groups excluding carboxylic acids is 1. The standard InChI is InChI=1S/C20H22ClFN4O3S/c1-15-5-7-16(8-6-15)30(28,29)26-11-9-25(10-12-26)14-20(27)24-23-13-17-18(21)3-2-4-19(17)22/h2-8,13H,9-12,14H2,1H3,(H,24,27)/b23-13-. The molecular formula is C20H22ClFN4O3S. The normalized spacial score (nSPS) is 16.1. The number of hydrogen-bond acceptors (Lipinski definition) is 5. The van der Waals surface area contributed by atoms with Gasteiger partial charge in [0.25, 0.3) is 5.91 Å². The molecule has 0 aliphatic carbocycles. The average molecular weight is 453 g/mol. The number of rotatable bonds is 6. The maximum absolute atomic E-state index is 13.7. The highest BCUT2D eigenvalue weighted by molar-refractivity contribution is 7.89. The number of sulfonamides is 1. The van der Waals surface area contributed by atoms with E-state index < -0.39 is 15.8 Å². The molecule has 1 N–H and O–H groups in total. The zero-order chi connectivity index (χ0) is 21.7. The van der Waals surface area contributed by atoms with Crippen LogP contribution in [0.2, 0.25) is 5.02 Å². The molecule has 0 saturated carbocycles. The summed E-state index contributed by atoms with van der Waals surface area (Å²) in [7, 11) is -3.55. The van der Waals surface area contributed by atoms with Gasteiger partial charge in [0, 0.05) is 31.7 Å². The average Bonchev–Trinajstić information content (AvgIpc) is 2.71. The summed E-state index contributed by atoms with van der Waals surface area (Å²) >= 11 is 5.90. The number of carbonyl (C=O) groups is 1. The minimum atomic E-state index is -3.55. The molecule has 1 saturated heterocycles. The van der Waals surface area contributed by atoms with Crippen molar-refractivity contribution in [2.24, 2.45) is 5.10 Å². The summed E-state index contributed by atoms with van der Waals surface area (Å²) in [6.45, 7) is 3.37. The zero-order valence-corrected chi connectivity index (χ0v) is 18.0. The van der Waals surface area contributed by atoms with Crippen LogP contribution in [0.1, 0.15) is 11.1 Å². The smallest absolute Gasteiger partial charge is 0.254 e. The van der Waals surface area contributed by atoms with Crippen LogP contribution in [0.15, 0.2) is 52.5 Å². The monoisotopic (exact) mass is 452 g/mol. The minimum Gasteiger partial charge on any atom is -0.292 e. The van der Waals surface area contributed by atoms with Crippen LogP contribution < -0.4 is 5.43 Å².